The third-order valence-corrected chi connectivity index (χ3v) is 4.17. The highest BCUT2D eigenvalue weighted by molar-refractivity contribution is 5.96. The van der Waals surface area contributed by atoms with Gasteiger partial charge in [0.05, 0.1) is 13.3 Å². The zero-order valence-electron chi connectivity index (χ0n) is 14.5. The van der Waals surface area contributed by atoms with Gasteiger partial charge in [0, 0.05) is 47.2 Å². The summed E-state index contributed by atoms with van der Waals surface area (Å²) in [4.78, 5) is 8.88. The van der Waals surface area contributed by atoms with Gasteiger partial charge >= 0.3 is 0 Å². The predicted octanol–water partition coefficient (Wildman–Crippen LogP) is 3.05. The van der Waals surface area contributed by atoms with E-state index in [4.69, 9.17) is 4.74 Å². The SMILES string of the molecule is COc1ncc(-c2nn(C)cc2-c2cc(C)nc3[nH]ncc23)cc1C. The molecule has 4 rings (SSSR count). The largest absolute Gasteiger partial charge is 0.481 e. The van der Waals surface area contributed by atoms with Crippen LogP contribution in [0.5, 0.6) is 5.88 Å². The summed E-state index contributed by atoms with van der Waals surface area (Å²) in [5.41, 5.74) is 6.54. The third-order valence-electron chi connectivity index (χ3n) is 4.17. The van der Waals surface area contributed by atoms with Crippen LogP contribution in [0.15, 0.2) is 30.7 Å². The van der Waals surface area contributed by atoms with Gasteiger partial charge in [-0.2, -0.15) is 10.2 Å². The van der Waals surface area contributed by atoms with E-state index in [2.05, 4.69) is 31.3 Å². The van der Waals surface area contributed by atoms with Crippen LogP contribution in [0.25, 0.3) is 33.4 Å². The second kappa shape index (κ2) is 5.70. The van der Waals surface area contributed by atoms with Crippen LogP contribution < -0.4 is 4.74 Å². The van der Waals surface area contributed by atoms with Gasteiger partial charge in [-0.05, 0) is 31.5 Å². The number of nitrogens with zero attached hydrogens (tertiary/aromatic N) is 5. The summed E-state index contributed by atoms with van der Waals surface area (Å²) in [6.07, 6.45) is 5.60. The number of H-pyrrole nitrogens is 1. The molecule has 0 aliphatic heterocycles. The highest BCUT2D eigenvalue weighted by Crippen LogP contribution is 2.35. The third kappa shape index (κ3) is 2.53. The zero-order valence-corrected chi connectivity index (χ0v) is 14.5. The highest BCUT2D eigenvalue weighted by Gasteiger charge is 2.17. The Morgan fingerprint density at radius 1 is 1.12 bits per heavy atom. The van der Waals surface area contributed by atoms with E-state index in [0.717, 1.165) is 44.7 Å². The molecular weight excluding hydrogens is 316 g/mol. The van der Waals surface area contributed by atoms with Gasteiger partial charge in [0.15, 0.2) is 5.65 Å². The molecule has 7 nitrogen and oxygen atoms in total. The maximum absolute atomic E-state index is 5.26. The molecule has 0 amide bonds. The van der Waals surface area contributed by atoms with E-state index in [1.165, 1.54) is 0 Å². The lowest BCUT2D eigenvalue weighted by molar-refractivity contribution is 0.394. The first-order chi connectivity index (χ1) is 12.1. The smallest absolute Gasteiger partial charge is 0.215 e. The minimum Gasteiger partial charge on any atom is -0.481 e. The van der Waals surface area contributed by atoms with Crippen molar-refractivity contribution in [1.29, 1.82) is 0 Å². The number of fused-ring (bicyclic) bond motifs is 1. The van der Waals surface area contributed by atoms with E-state index >= 15 is 0 Å². The van der Waals surface area contributed by atoms with E-state index in [-0.39, 0.29) is 0 Å². The first-order valence-corrected chi connectivity index (χ1v) is 7.92. The van der Waals surface area contributed by atoms with Gasteiger partial charge in [0.25, 0.3) is 0 Å². The molecule has 4 aromatic heterocycles. The van der Waals surface area contributed by atoms with Crippen LogP contribution in [0, 0.1) is 13.8 Å². The molecule has 7 heteroatoms. The number of hydrogen-bond donors (Lipinski definition) is 1. The summed E-state index contributed by atoms with van der Waals surface area (Å²) in [7, 11) is 3.54. The summed E-state index contributed by atoms with van der Waals surface area (Å²) in [6, 6.07) is 4.10. The van der Waals surface area contributed by atoms with Crippen LogP contribution in [0.3, 0.4) is 0 Å². The second-order valence-corrected chi connectivity index (χ2v) is 6.06. The molecule has 0 spiro atoms. The van der Waals surface area contributed by atoms with Gasteiger partial charge in [0.2, 0.25) is 5.88 Å². The number of pyridine rings is 2. The maximum atomic E-state index is 5.26. The first-order valence-electron chi connectivity index (χ1n) is 7.92. The normalized spacial score (nSPS) is 11.2. The molecule has 0 saturated heterocycles. The van der Waals surface area contributed by atoms with Crippen LogP contribution in [0.2, 0.25) is 0 Å². The lowest BCUT2D eigenvalue weighted by atomic mass is 10.00. The zero-order chi connectivity index (χ0) is 17.6. The number of methoxy groups -OCH3 is 1. The van der Waals surface area contributed by atoms with Gasteiger partial charge in [-0.1, -0.05) is 0 Å². The van der Waals surface area contributed by atoms with Gasteiger partial charge in [-0.15, -0.1) is 0 Å². The fourth-order valence-corrected chi connectivity index (χ4v) is 3.08. The molecular formula is C18H18N6O. The Balaban J connectivity index is 1.95. The Morgan fingerprint density at radius 2 is 1.96 bits per heavy atom. The fourth-order valence-electron chi connectivity index (χ4n) is 3.08. The molecule has 0 unspecified atom stereocenters. The minimum absolute atomic E-state index is 0.623. The van der Waals surface area contributed by atoms with Gasteiger partial charge in [0.1, 0.15) is 5.69 Å². The van der Waals surface area contributed by atoms with Crippen molar-refractivity contribution in [2.45, 2.75) is 13.8 Å². The summed E-state index contributed by atoms with van der Waals surface area (Å²) in [5.74, 6) is 0.623. The monoisotopic (exact) mass is 334 g/mol. The number of aromatic amines is 1. The van der Waals surface area contributed by atoms with Crippen molar-refractivity contribution in [2.75, 3.05) is 7.11 Å². The number of aromatic nitrogens is 6. The van der Waals surface area contributed by atoms with E-state index in [1.807, 2.05) is 37.8 Å². The lowest BCUT2D eigenvalue weighted by Gasteiger charge is -2.08. The molecule has 0 bridgehead atoms. The summed E-state index contributed by atoms with van der Waals surface area (Å²) in [6.45, 7) is 3.95. The second-order valence-electron chi connectivity index (χ2n) is 6.06. The van der Waals surface area contributed by atoms with Crippen LogP contribution >= 0.6 is 0 Å². The number of nitrogens with one attached hydrogen (secondary N) is 1. The molecule has 0 radical (unpaired) electrons. The quantitative estimate of drug-likeness (QED) is 0.623. The topological polar surface area (TPSA) is 81.5 Å². The molecule has 0 aliphatic rings. The van der Waals surface area contributed by atoms with Crippen LogP contribution in [0.1, 0.15) is 11.3 Å². The van der Waals surface area contributed by atoms with Crippen molar-refractivity contribution in [3.8, 4) is 28.3 Å². The molecule has 0 fully saturated rings. The van der Waals surface area contributed by atoms with Crippen molar-refractivity contribution in [2.24, 2.45) is 7.05 Å². The van der Waals surface area contributed by atoms with E-state index in [9.17, 15) is 0 Å². The number of aryl methyl sites for hydroxylation is 3. The standard InChI is InChI=1S/C18H18N6O/c1-10-5-12(7-19-18(10)25-4)16-15(9-24(3)23-16)13-6-11(2)21-17-14(13)8-20-22-17/h5-9H,1-4H3,(H,20,21,22). The average molecular weight is 334 g/mol. The lowest BCUT2D eigenvalue weighted by Crippen LogP contribution is -1.94. The van der Waals surface area contributed by atoms with Crippen molar-refractivity contribution in [1.82, 2.24) is 29.9 Å². The Morgan fingerprint density at radius 3 is 2.72 bits per heavy atom. The molecule has 4 heterocycles. The molecule has 0 saturated carbocycles. The van der Waals surface area contributed by atoms with Gasteiger partial charge in [-0.3, -0.25) is 9.78 Å². The Kier molecular flexibility index (Phi) is 3.49. The summed E-state index contributed by atoms with van der Waals surface area (Å²) >= 11 is 0. The molecule has 4 aromatic rings. The van der Waals surface area contributed by atoms with E-state index in [1.54, 1.807) is 19.5 Å². The van der Waals surface area contributed by atoms with Crippen LogP contribution in [-0.2, 0) is 7.05 Å². The molecule has 1 N–H and O–H groups in total. The predicted molar refractivity (Wildman–Crippen MR) is 95.3 cm³/mol. The minimum atomic E-state index is 0.623. The summed E-state index contributed by atoms with van der Waals surface area (Å²) < 4.78 is 7.07. The maximum Gasteiger partial charge on any atom is 0.215 e. The first kappa shape index (κ1) is 15.3. The van der Waals surface area contributed by atoms with Crippen molar-refractivity contribution in [3.05, 3.63) is 42.0 Å². The molecule has 0 atom stereocenters. The highest BCUT2D eigenvalue weighted by atomic mass is 16.5. The van der Waals surface area contributed by atoms with Gasteiger partial charge < -0.3 is 4.74 Å². The number of hydrogen-bond acceptors (Lipinski definition) is 5. The molecule has 0 aliphatic carbocycles. The van der Waals surface area contributed by atoms with Crippen molar-refractivity contribution in [3.63, 3.8) is 0 Å². The van der Waals surface area contributed by atoms with Gasteiger partial charge in [-0.25, -0.2) is 9.97 Å². The van der Waals surface area contributed by atoms with Crippen molar-refractivity contribution >= 4 is 11.0 Å². The average Bonchev–Trinajstić information content (AvgIpc) is 3.20. The Bertz CT molecular complexity index is 1080. The summed E-state index contributed by atoms with van der Waals surface area (Å²) in [5, 5.41) is 12.7. The molecule has 126 valence electrons. The molecule has 0 aromatic carbocycles. The molecule has 25 heavy (non-hydrogen) atoms. The van der Waals surface area contributed by atoms with Crippen LogP contribution in [0.4, 0.5) is 0 Å². The Labute approximate surface area is 144 Å². The van der Waals surface area contributed by atoms with Crippen molar-refractivity contribution < 1.29 is 4.74 Å². The number of ether oxygens (including phenoxy) is 1. The number of rotatable bonds is 3. The van der Waals surface area contributed by atoms with Crippen LogP contribution in [-0.4, -0.2) is 37.1 Å². The van der Waals surface area contributed by atoms with E-state index < -0.39 is 0 Å². The fraction of sp³-hybridized carbons (Fsp3) is 0.222. The Hall–Kier alpha value is -3.22. The van der Waals surface area contributed by atoms with E-state index in [0.29, 0.717) is 5.88 Å².